The van der Waals surface area contributed by atoms with E-state index in [2.05, 4.69) is 10.6 Å². The first-order valence-corrected chi connectivity index (χ1v) is 8.24. The van der Waals surface area contributed by atoms with E-state index in [4.69, 9.17) is 4.42 Å². The minimum absolute atomic E-state index is 0.130. The number of carbonyl (C=O) groups is 2. The van der Waals surface area contributed by atoms with Gasteiger partial charge in [0.15, 0.2) is 0 Å². The average Bonchev–Trinajstić information content (AvgIpc) is 3.05. The molecule has 0 unspecified atom stereocenters. The zero-order chi connectivity index (χ0) is 18.4. The number of likely N-dealkylation sites (N-methyl/N-ethyl adjacent to an activating group) is 1. The highest BCUT2D eigenvalue weighted by molar-refractivity contribution is 5.93. The van der Waals surface area contributed by atoms with Crippen molar-refractivity contribution in [3.05, 3.63) is 53.5 Å². The number of furan rings is 1. The summed E-state index contributed by atoms with van der Waals surface area (Å²) in [7, 11) is 1.74. The molecule has 0 radical (unpaired) electrons. The molecule has 2 rings (SSSR count). The van der Waals surface area contributed by atoms with E-state index in [-0.39, 0.29) is 30.9 Å². The van der Waals surface area contributed by atoms with Crippen LogP contribution in [0.5, 0.6) is 0 Å². The van der Waals surface area contributed by atoms with Crippen molar-refractivity contribution in [3.8, 4) is 0 Å². The molecule has 2 N–H and O–H groups in total. The van der Waals surface area contributed by atoms with E-state index >= 15 is 0 Å². The van der Waals surface area contributed by atoms with Gasteiger partial charge >= 0.3 is 0 Å². The zero-order valence-electron chi connectivity index (χ0n) is 15.1. The first-order chi connectivity index (χ1) is 11.9. The van der Waals surface area contributed by atoms with Crippen LogP contribution >= 0.6 is 0 Å². The molecule has 0 saturated heterocycles. The predicted octanol–water partition coefficient (Wildman–Crippen LogP) is 2.64. The number of anilines is 1. The Morgan fingerprint density at radius 2 is 1.84 bits per heavy atom. The molecule has 1 atom stereocenters. The second-order valence-corrected chi connectivity index (χ2v) is 6.27. The van der Waals surface area contributed by atoms with E-state index in [1.807, 2.05) is 45.0 Å². The van der Waals surface area contributed by atoms with Gasteiger partial charge in [0, 0.05) is 5.69 Å². The molecule has 1 aromatic carbocycles. The van der Waals surface area contributed by atoms with Crippen molar-refractivity contribution < 1.29 is 14.0 Å². The molecular formula is C19H25N3O3. The highest BCUT2D eigenvalue weighted by atomic mass is 16.3. The quantitative estimate of drug-likeness (QED) is 0.810. The van der Waals surface area contributed by atoms with Gasteiger partial charge in [-0.2, -0.15) is 0 Å². The monoisotopic (exact) mass is 343 g/mol. The van der Waals surface area contributed by atoms with Crippen LogP contribution in [-0.4, -0.2) is 36.9 Å². The van der Waals surface area contributed by atoms with Crippen LogP contribution in [0.2, 0.25) is 0 Å². The minimum Gasteiger partial charge on any atom is -0.467 e. The third-order valence-electron chi connectivity index (χ3n) is 4.05. The van der Waals surface area contributed by atoms with Gasteiger partial charge in [0.1, 0.15) is 5.76 Å². The normalized spacial score (nSPS) is 12.0. The average molecular weight is 343 g/mol. The first-order valence-electron chi connectivity index (χ1n) is 8.24. The van der Waals surface area contributed by atoms with Gasteiger partial charge in [0.25, 0.3) is 0 Å². The molecule has 1 aromatic heterocycles. The maximum atomic E-state index is 12.2. The largest absolute Gasteiger partial charge is 0.467 e. The molecule has 0 bridgehead atoms. The maximum absolute atomic E-state index is 12.2. The van der Waals surface area contributed by atoms with Crippen LogP contribution in [0.15, 0.2) is 41.0 Å². The molecule has 25 heavy (non-hydrogen) atoms. The third-order valence-corrected chi connectivity index (χ3v) is 4.05. The van der Waals surface area contributed by atoms with Crippen LogP contribution in [0.1, 0.15) is 29.9 Å². The number of benzene rings is 1. The summed E-state index contributed by atoms with van der Waals surface area (Å²) >= 11 is 0. The Labute approximate surface area is 148 Å². The smallest absolute Gasteiger partial charge is 0.238 e. The van der Waals surface area contributed by atoms with Crippen LogP contribution < -0.4 is 10.6 Å². The number of hydrogen-bond donors (Lipinski definition) is 2. The van der Waals surface area contributed by atoms with Crippen molar-refractivity contribution in [3.63, 3.8) is 0 Å². The topological polar surface area (TPSA) is 74.6 Å². The maximum Gasteiger partial charge on any atom is 0.238 e. The number of aryl methyl sites for hydroxylation is 1. The second-order valence-electron chi connectivity index (χ2n) is 6.27. The summed E-state index contributed by atoms with van der Waals surface area (Å²) in [5, 5.41) is 5.74. The number of rotatable bonds is 7. The SMILES string of the molecule is Cc1cccc(NC(=O)CN(C)CC(=O)N[C@H](C)c2ccco2)c1C. The number of amides is 2. The Hall–Kier alpha value is -2.60. The standard InChI is InChI=1S/C19H25N3O3/c1-13-7-5-8-16(14(13)2)21-19(24)12-22(4)11-18(23)20-15(3)17-9-6-10-25-17/h5-10,15H,11-12H2,1-4H3,(H,20,23)(H,21,24)/t15-/m1/s1. The predicted molar refractivity (Wildman–Crippen MR) is 97.3 cm³/mol. The summed E-state index contributed by atoms with van der Waals surface area (Å²) < 4.78 is 5.26. The van der Waals surface area contributed by atoms with E-state index in [0.29, 0.717) is 5.76 Å². The summed E-state index contributed by atoms with van der Waals surface area (Å²) in [5.41, 5.74) is 2.97. The molecule has 2 aromatic rings. The minimum atomic E-state index is -0.209. The van der Waals surface area contributed by atoms with Gasteiger partial charge in [-0.3, -0.25) is 14.5 Å². The third kappa shape index (κ3) is 5.46. The molecule has 0 fully saturated rings. The Morgan fingerprint density at radius 3 is 2.52 bits per heavy atom. The molecule has 6 heteroatoms. The van der Waals surface area contributed by atoms with Crippen LogP contribution in [0.4, 0.5) is 5.69 Å². The van der Waals surface area contributed by atoms with Crippen molar-refractivity contribution in [2.75, 3.05) is 25.5 Å². The van der Waals surface area contributed by atoms with Gasteiger partial charge < -0.3 is 15.1 Å². The second kappa shape index (κ2) is 8.48. The Kier molecular flexibility index (Phi) is 6.36. The fourth-order valence-electron chi connectivity index (χ4n) is 2.52. The molecule has 0 spiro atoms. The van der Waals surface area contributed by atoms with Gasteiger partial charge in [-0.15, -0.1) is 0 Å². The highest BCUT2D eigenvalue weighted by Gasteiger charge is 2.15. The lowest BCUT2D eigenvalue weighted by Crippen LogP contribution is -2.39. The van der Waals surface area contributed by atoms with Gasteiger partial charge in [-0.1, -0.05) is 12.1 Å². The zero-order valence-corrected chi connectivity index (χ0v) is 15.1. The summed E-state index contributed by atoms with van der Waals surface area (Å²) in [4.78, 5) is 25.9. The molecular weight excluding hydrogens is 318 g/mol. The molecule has 0 aliphatic carbocycles. The molecule has 134 valence electrons. The van der Waals surface area contributed by atoms with Crippen LogP contribution in [0.3, 0.4) is 0 Å². The number of nitrogens with one attached hydrogen (secondary N) is 2. The summed E-state index contributed by atoms with van der Waals surface area (Å²) in [6, 6.07) is 9.17. The molecule has 0 aliphatic rings. The van der Waals surface area contributed by atoms with E-state index in [0.717, 1.165) is 16.8 Å². The van der Waals surface area contributed by atoms with Crippen molar-refractivity contribution in [1.29, 1.82) is 0 Å². The Bertz CT molecular complexity index is 726. The summed E-state index contributed by atoms with van der Waals surface area (Å²) in [5.74, 6) is 0.387. The number of carbonyl (C=O) groups excluding carboxylic acids is 2. The van der Waals surface area contributed by atoms with Gasteiger partial charge in [0.2, 0.25) is 11.8 Å². The van der Waals surface area contributed by atoms with Crippen molar-refractivity contribution in [2.24, 2.45) is 0 Å². The van der Waals surface area contributed by atoms with Gasteiger partial charge in [0.05, 0.1) is 25.4 Å². The van der Waals surface area contributed by atoms with Gasteiger partial charge in [-0.25, -0.2) is 0 Å². The van der Waals surface area contributed by atoms with Crippen LogP contribution in [0.25, 0.3) is 0 Å². The molecule has 6 nitrogen and oxygen atoms in total. The number of nitrogens with zero attached hydrogens (tertiary/aromatic N) is 1. The van der Waals surface area contributed by atoms with E-state index in [1.165, 1.54) is 0 Å². The van der Waals surface area contributed by atoms with Crippen molar-refractivity contribution in [1.82, 2.24) is 10.2 Å². The van der Waals surface area contributed by atoms with Crippen LogP contribution in [-0.2, 0) is 9.59 Å². The first kappa shape index (κ1) is 18.7. The van der Waals surface area contributed by atoms with E-state index in [9.17, 15) is 9.59 Å². The fourth-order valence-corrected chi connectivity index (χ4v) is 2.52. The highest BCUT2D eigenvalue weighted by Crippen LogP contribution is 2.17. The lowest BCUT2D eigenvalue weighted by Gasteiger charge is -2.18. The Morgan fingerprint density at radius 1 is 1.12 bits per heavy atom. The van der Waals surface area contributed by atoms with Gasteiger partial charge in [-0.05, 0) is 57.1 Å². The summed E-state index contributed by atoms with van der Waals surface area (Å²) in [6.07, 6.45) is 1.57. The van der Waals surface area contributed by atoms with Crippen molar-refractivity contribution >= 4 is 17.5 Å². The Balaban J connectivity index is 1.80. The summed E-state index contributed by atoms with van der Waals surface area (Å²) in [6.45, 7) is 6.09. The van der Waals surface area contributed by atoms with E-state index < -0.39 is 0 Å². The lowest BCUT2D eigenvalue weighted by molar-refractivity contribution is -0.123. The van der Waals surface area contributed by atoms with Crippen LogP contribution in [0, 0.1) is 13.8 Å². The molecule has 1 heterocycles. The van der Waals surface area contributed by atoms with E-state index in [1.54, 1.807) is 24.3 Å². The molecule has 0 saturated carbocycles. The van der Waals surface area contributed by atoms with Crippen molar-refractivity contribution in [2.45, 2.75) is 26.8 Å². The number of hydrogen-bond acceptors (Lipinski definition) is 4. The fraction of sp³-hybridized carbons (Fsp3) is 0.368. The molecule has 2 amide bonds. The lowest BCUT2D eigenvalue weighted by atomic mass is 10.1. The molecule has 0 aliphatic heterocycles.